The van der Waals surface area contributed by atoms with Gasteiger partial charge in [-0.15, -0.1) is 0 Å². The summed E-state index contributed by atoms with van der Waals surface area (Å²) in [6, 6.07) is 13.1. The molecule has 3 N–H and O–H groups in total. The van der Waals surface area contributed by atoms with Crippen molar-refractivity contribution in [1.82, 2.24) is 10.9 Å². The van der Waals surface area contributed by atoms with E-state index in [0.717, 1.165) is 0 Å². The van der Waals surface area contributed by atoms with Crippen molar-refractivity contribution in [3.8, 4) is 11.5 Å². The van der Waals surface area contributed by atoms with Crippen LogP contribution in [0, 0.1) is 0 Å². The van der Waals surface area contributed by atoms with Gasteiger partial charge in [0.2, 0.25) is 5.91 Å². The zero-order valence-corrected chi connectivity index (χ0v) is 12.7. The van der Waals surface area contributed by atoms with E-state index < -0.39 is 5.91 Å². The predicted octanol–water partition coefficient (Wildman–Crippen LogP) is 1.79. The van der Waals surface area contributed by atoms with Crippen molar-refractivity contribution in [2.75, 3.05) is 6.61 Å². The van der Waals surface area contributed by atoms with Crippen molar-refractivity contribution in [3.05, 3.63) is 59.7 Å². The van der Waals surface area contributed by atoms with Crippen LogP contribution in [0.5, 0.6) is 11.5 Å². The maximum Gasteiger partial charge on any atom is 0.269 e. The summed E-state index contributed by atoms with van der Waals surface area (Å²) in [5, 5.41) is 9.35. The van der Waals surface area contributed by atoms with Crippen LogP contribution in [-0.2, 0) is 11.2 Å². The zero-order chi connectivity index (χ0) is 16.7. The highest BCUT2D eigenvalue weighted by atomic mass is 16.5. The normalized spacial score (nSPS) is 9.96. The van der Waals surface area contributed by atoms with Gasteiger partial charge in [0.25, 0.3) is 5.91 Å². The van der Waals surface area contributed by atoms with Crippen LogP contribution in [0.3, 0.4) is 0 Å². The quantitative estimate of drug-likeness (QED) is 0.734. The molecule has 0 saturated carbocycles. The lowest BCUT2D eigenvalue weighted by atomic mass is 10.1. The Bertz CT molecular complexity index is 700. The van der Waals surface area contributed by atoms with Crippen LogP contribution >= 0.6 is 0 Å². The number of hydrazine groups is 1. The van der Waals surface area contributed by atoms with E-state index in [1.165, 1.54) is 12.1 Å². The Morgan fingerprint density at radius 1 is 1.09 bits per heavy atom. The number of hydrogen-bond donors (Lipinski definition) is 3. The van der Waals surface area contributed by atoms with Crippen LogP contribution in [0.25, 0.3) is 0 Å². The standard InChI is InChI=1S/C17H18N2O4/c1-2-23-15-8-4-6-13(11-15)17(22)19-18-16(21)10-12-5-3-7-14(20)9-12/h3-9,11,20H,2,10H2,1H3,(H,18,21)(H,19,22). The summed E-state index contributed by atoms with van der Waals surface area (Å²) in [4.78, 5) is 23.8. The molecule has 0 unspecified atom stereocenters. The van der Waals surface area contributed by atoms with E-state index >= 15 is 0 Å². The number of hydrogen-bond acceptors (Lipinski definition) is 4. The lowest BCUT2D eigenvalue weighted by molar-refractivity contribution is -0.121. The summed E-state index contributed by atoms with van der Waals surface area (Å²) in [5.41, 5.74) is 5.72. The number of benzene rings is 2. The molecule has 0 aliphatic carbocycles. The van der Waals surface area contributed by atoms with Crippen molar-refractivity contribution in [2.24, 2.45) is 0 Å². The lowest BCUT2D eigenvalue weighted by Crippen LogP contribution is -2.42. The summed E-state index contributed by atoms with van der Waals surface area (Å²) in [7, 11) is 0. The smallest absolute Gasteiger partial charge is 0.269 e. The van der Waals surface area contributed by atoms with Crippen LogP contribution in [0.1, 0.15) is 22.8 Å². The van der Waals surface area contributed by atoms with E-state index in [1.807, 2.05) is 6.92 Å². The van der Waals surface area contributed by atoms with Crippen molar-refractivity contribution in [3.63, 3.8) is 0 Å². The molecular weight excluding hydrogens is 296 g/mol. The Kier molecular flexibility index (Phi) is 5.57. The third-order valence-electron chi connectivity index (χ3n) is 3.00. The molecule has 0 fully saturated rings. The Hall–Kier alpha value is -3.02. The molecule has 23 heavy (non-hydrogen) atoms. The van der Waals surface area contributed by atoms with Crippen LogP contribution in [0.15, 0.2) is 48.5 Å². The number of aromatic hydroxyl groups is 1. The van der Waals surface area contributed by atoms with Crippen LogP contribution < -0.4 is 15.6 Å². The highest BCUT2D eigenvalue weighted by Crippen LogP contribution is 2.13. The Morgan fingerprint density at radius 2 is 1.87 bits per heavy atom. The SMILES string of the molecule is CCOc1cccc(C(=O)NNC(=O)Cc2cccc(O)c2)c1. The minimum absolute atomic E-state index is 0.0493. The molecule has 0 spiro atoms. The van der Waals surface area contributed by atoms with Crippen molar-refractivity contribution in [1.29, 1.82) is 0 Å². The fraction of sp³-hybridized carbons (Fsp3) is 0.176. The largest absolute Gasteiger partial charge is 0.508 e. The van der Waals surface area contributed by atoms with Crippen LogP contribution in [0.4, 0.5) is 0 Å². The Balaban J connectivity index is 1.88. The molecule has 0 aliphatic heterocycles. The van der Waals surface area contributed by atoms with Crippen LogP contribution in [-0.4, -0.2) is 23.5 Å². The molecule has 6 heteroatoms. The van der Waals surface area contributed by atoms with E-state index in [0.29, 0.717) is 23.5 Å². The summed E-state index contributed by atoms with van der Waals surface area (Å²) in [6.07, 6.45) is 0.0493. The molecule has 6 nitrogen and oxygen atoms in total. The number of carbonyl (C=O) groups excluding carboxylic acids is 2. The molecule has 0 heterocycles. The van der Waals surface area contributed by atoms with Crippen LogP contribution in [0.2, 0.25) is 0 Å². The third-order valence-corrected chi connectivity index (χ3v) is 3.00. The number of phenolic OH excluding ortho intramolecular Hbond substituents is 1. The predicted molar refractivity (Wildman–Crippen MR) is 85.0 cm³/mol. The van der Waals surface area contributed by atoms with Crippen molar-refractivity contribution < 1.29 is 19.4 Å². The monoisotopic (exact) mass is 314 g/mol. The van der Waals surface area contributed by atoms with Gasteiger partial charge in [-0.1, -0.05) is 18.2 Å². The van der Waals surface area contributed by atoms with Gasteiger partial charge in [-0.25, -0.2) is 0 Å². The average Bonchev–Trinajstić information content (AvgIpc) is 2.53. The highest BCUT2D eigenvalue weighted by molar-refractivity contribution is 5.95. The average molecular weight is 314 g/mol. The summed E-state index contributed by atoms with van der Waals surface area (Å²) in [5.74, 6) is -0.140. The second-order valence-corrected chi connectivity index (χ2v) is 4.81. The van der Waals surface area contributed by atoms with E-state index in [2.05, 4.69) is 10.9 Å². The molecule has 0 bridgehead atoms. The minimum atomic E-state index is -0.434. The molecule has 2 aromatic carbocycles. The zero-order valence-electron chi connectivity index (χ0n) is 12.7. The molecule has 0 saturated heterocycles. The van der Waals surface area contributed by atoms with E-state index in [9.17, 15) is 14.7 Å². The summed E-state index contributed by atoms with van der Waals surface area (Å²) < 4.78 is 5.32. The number of carbonyl (C=O) groups is 2. The molecule has 120 valence electrons. The molecule has 2 rings (SSSR count). The van der Waals surface area contributed by atoms with E-state index in [-0.39, 0.29) is 18.1 Å². The first kappa shape index (κ1) is 16.4. The summed E-state index contributed by atoms with van der Waals surface area (Å²) in [6.45, 7) is 2.36. The van der Waals surface area contributed by atoms with Gasteiger partial charge in [-0.2, -0.15) is 0 Å². The van der Waals surface area contributed by atoms with Gasteiger partial charge in [0.1, 0.15) is 11.5 Å². The van der Waals surface area contributed by atoms with Gasteiger partial charge in [0, 0.05) is 5.56 Å². The fourth-order valence-corrected chi connectivity index (χ4v) is 1.99. The lowest BCUT2D eigenvalue weighted by Gasteiger charge is -2.09. The maximum atomic E-state index is 12.0. The highest BCUT2D eigenvalue weighted by Gasteiger charge is 2.09. The molecule has 2 aromatic rings. The molecule has 0 atom stereocenters. The molecule has 2 amide bonds. The summed E-state index contributed by atoms with van der Waals surface area (Å²) >= 11 is 0. The number of amides is 2. The van der Waals surface area contributed by atoms with E-state index in [4.69, 9.17) is 4.74 Å². The van der Waals surface area contributed by atoms with Gasteiger partial charge in [-0.3, -0.25) is 20.4 Å². The van der Waals surface area contributed by atoms with Gasteiger partial charge in [0.05, 0.1) is 13.0 Å². The molecular formula is C17H18N2O4. The number of ether oxygens (including phenoxy) is 1. The number of rotatable bonds is 5. The molecule has 0 aromatic heterocycles. The van der Waals surface area contributed by atoms with Gasteiger partial charge < -0.3 is 9.84 Å². The maximum absolute atomic E-state index is 12.0. The topological polar surface area (TPSA) is 87.7 Å². The Labute approximate surface area is 134 Å². The van der Waals surface area contributed by atoms with Gasteiger partial charge in [-0.05, 0) is 42.8 Å². The first-order valence-electron chi connectivity index (χ1n) is 7.18. The minimum Gasteiger partial charge on any atom is -0.508 e. The molecule has 0 aliphatic rings. The number of nitrogens with one attached hydrogen (secondary N) is 2. The first-order chi connectivity index (χ1) is 11.1. The number of phenols is 1. The third kappa shape index (κ3) is 5.03. The first-order valence-corrected chi connectivity index (χ1v) is 7.18. The van der Waals surface area contributed by atoms with E-state index in [1.54, 1.807) is 36.4 Å². The second kappa shape index (κ2) is 7.84. The van der Waals surface area contributed by atoms with Gasteiger partial charge >= 0.3 is 0 Å². The molecule has 0 radical (unpaired) electrons. The Morgan fingerprint density at radius 3 is 2.61 bits per heavy atom. The van der Waals surface area contributed by atoms with Crippen molar-refractivity contribution >= 4 is 11.8 Å². The fourth-order valence-electron chi connectivity index (χ4n) is 1.99. The van der Waals surface area contributed by atoms with Crippen molar-refractivity contribution in [2.45, 2.75) is 13.3 Å². The van der Waals surface area contributed by atoms with Gasteiger partial charge in [0.15, 0.2) is 0 Å². The second-order valence-electron chi connectivity index (χ2n) is 4.81.